The van der Waals surface area contributed by atoms with Crippen molar-refractivity contribution >= 4 is 11.4 Å². The Labute approximate surface area is 117 Å². The molecule has 0 aliphatic heterocycles. The van der Waals surface area contributed by atoms with E-state index in [2.05, 4.69) is 17.4 Å². The van der Waals surface area contributed by atoms with Gasteiger partial charge in [0.25, 0.3) is 5.69 Å². The smallest absolute Gasteiger partial charge is 0.271 e. The number of nitrogens with one attached hydrogen (secondary N) is 1. The van der Waals surface area contributed by atoms with E-state index < -0.39 is 0 Å². The SMILES string of the molecule is O=[N+]([O-])c1cccc(NC(c2ccccc2)C2CC2)c1. The molecule has 0 saturated heterocycles. The van der Waals surface area contributed by atoms with Gasteiger partial charge in [-0.1, -0.05) is 36.4 Å². The van der Waals surface area contributed by atoms with Crippen LogP contribution in [0.2, 0.25) is 0 Å². The molecule has 1 unspecified atom stereocenters. The number of rotatable bonds is 5. The minimum absolute atomic E-state index is 0.123. The van der Waals surface area contributed by atoms with Gasteiger partial charge in [-0.2, -0.15) is 0 Å². The van der Waals surface area contributed by atoms with Gasteiger partial charge in [0.15, 0.2) is 0 Å². The molecule has 102 valence electrons. The highest BCUT2D eigenvalue weighted by molar-refractivity contribution is 5.52. The third kappa shape index (κ3) is 2.79. The van der Waals surface area contributed by atoms with Gasteiger partial charge < -0.3 is 5.32 Å². The minimum Gasteiger partial charge on any atom is -0.378 e. The average molecular weight is 268 g/mol. The molecule has 2 aromatic carbocycles. The predicted molar refractivity (Wildman–Crippen MR) is 78.6 cm³/mol. The quantitative estimate of drug-likeness (QED) is 0.654. The second-order valence-electron chi connectivity index (χ2n) is 5.18. The van der Waals surface area contributed by atoms with Crippen molar-refractivity contribution in [1.82, 2.24) is 0 Å². The van der Waals surface area contributed by atoms with E-state index in [9.17, 15) is 10.1 Å². The Balaban J connectivity index is 1.84. The predicted octanol–water partition coefficient (Wildman–Crippen LogP) is 4.16. The van der Waals surface area contributed by atoms with Gasteiger partial charge in [-0.15, -0.1) is 0 Å². The van der Waals surface area contributed by atoms with Gasteiger partial charge in [0, 0.05) is 17.8 Å². The van der Waals surface area contributed by atoms with Crippen molar-refractivity contribution in [3.8, 4) is 0 Å². The summed E-state index contributed by atoms with van der Waals surface area (Å²) in [4.78, 5) is 10.5. The Morgan fingerprint density at radius 3 is 2.50 bits per heavy atom. The van der Waals surface area contributed by atoms with Crippen LogP contribution in [-0.4, -0.2) is 4.92 Å². The molecule has 0 heterocycles. The van der Waals surface area contributed by atoms with Gasteiger partial charge >= 0.3 is 0 Å². The van der Waals surface area contributed by atoms with E-state index in [1.165, 1.54) is 24.5 Å². The summed E-state index contributed by atoms with van der Waals surface area (Å²) in [5.41, 5.74) is 2.17. The zero-order chi connectivity index (χ0) is 13.9. The maximum Gasteiger partial charge on any atom is 0.271 e. The van der Waals surface area contributed by atoms with Crippen LogP contribution in [0.3, 0.4) is 0 Å². The van der Waals surface area contributed by atoms with E-state index in [1.807, 2.05) is 24.3 Å². The van der Waals surface area contributed by atoms with Crippen molar-refractivity contribution in [2.45, 2.75) is 18.9 Å². The first-order chi connectivity index (χ1) is 9.74. The first kappa shape index (κ1) is 12.7. The summed E-state index contributed by atoms with van der Waals surface area (Å²) in [6.07, 6.45) is 2.42. The molecule has 1 fully saturated rings. The van der Waals surface area contributed by atoms with Crippen LogP contribution in [0.1, 0.15) is 24.4 Å². The highest BCUT2D eigenvalue weighted by Gasteiger charge is 2.32. The molecule has 0 bridgehead atoms. The molecule has 4 nitrogen and oxygen atoms in total. The fourth-order valence-electron chi connectivity index (χ4n) is 2.45. The van der Waals surface area contributed by atoms with Crippen molar-refractivity contribution in [2.75, 3.05) is 5.32 Å². The molecule has 1 saturated carbocycles. The summed E-state index contributed by atoms with van der Waals surface area (Å²) >= 11 is 0. The van der Waals surface area contributed by atoms with Crippen LogP contribution in [0.15, 0.2) is 54.6 Å². The lowest BCUT2D eigenvalue weighted by atomic mass is 10.0. The van der Waals surface area contributed by atoms with Gasteiger partial charge in [0.05, 0.1) is 11.0 Å². The number of hydrogen-bond acceptors (Lipinski definition) is 3. The Bertz CT molecular complexity index is 609. The molecular formula is C16H16N2O2. The fraction of sp³-hybridized carbons (Fsp3) is 0.250. The van der Waals surface area contributed by atoms with Crippen LogP contribution in [0.4, 0.5) is 11.4 Å². The van der Waals surface area contributed by atoms with Gasteiger partial charge in [-0.3, -0.25) is 10.1 Å². The third-order valence-corrected chi connectivity index (χ3v) is 3.63. The second-order valence-corrected chi connectivity index (χ2v) is 5.18. The van der Waals surface area contributed by atoms with Crippen LogP contribution in [0, 0.1) is 16.0 Å². The van der Waals surface area contributed by atoms with Crippen molar-refractivity contribution in [3.63, 3.8) is 0 Å². The summed E-state index contributed by atoms with van der Waals surface area (Å²) in [5.74, 6) is 0.622. The second kappa shape index (κ2) is 5.33. The Morgan fingerprint density at radius 1 is 1.10 bits per heavy atom. The molecule has 20 heavy (non-hydrogen) atoms. The topological polar surface area (TPSA) is 55.2 Å². The van der Waals surface area contributed by atoms with E-state index in [0.717, 1.165) is 5.69 Å². The maximum atomic E-state index is 10.8. The molecule has 1 aliphatic carbocycles. The van der Waals surface area contributed by atoms with Crippen LogP contribution >= 0.6 is 0 Å². The molecule has 2 aromatic rings. The van der Waals surface area contributed by atoms with Gasteiger partial charge in [0.1, 0.15) is 0 Å². The lowest BCUT2D eigenvalue weighted by Crippen LogP contribution is -2.12. The van der Waals surface area contributed by atoms with Crippen LogP contribution < -0.4 is 5.32 Å². The molecule has 1 aliphatic rings. The van der Waals surface area contributed by atoms with E-state index in [-0.39, 0.29) is 16.7 Å². The highest BCUT2D eigenvalue weighted by Crippen LogP contribution is 2.43. The third-order valence-electron chi connectivity index (χ3n) is 3.63. The Hall–Kier alpha value is -2.36. The lowest BCUT2D eigenvalue weighted by molar-refractivity contribution is -0.384. The van der Waals surface area contributed by atoms with E-state index >= 15 is 0 Å². The zero-order valence-corrected chi connectivity index (χ0v) is 11.0. The first-order valence-corrected chi connectivity index (χ1v) is 6.80. The largest absolute Gasteiger partial charge is 0.378 e. The van der Waals surface area contributed by atoms with E-state index in [0.29, 0.717) is 5.92 Å². The molecule has 0 amide bonds. The van der Waals surface area contributed by atoms with Crippen molar-refractivity contribution < 1.29 is 4.92 Å². The Morgan fingerprint density at radius 2 is 1.85 bits per heavy atom. The number of nitro groups is 1. The minimum atomic E-state index is -0.361. The van der Waals surface area contributed by atoms with Gasteiger partial charge in [-0.05, 0) is 30.4 Å². The van der Waals surface area contributed by atoms with Crippen LogP contribution in [0.5, 0.6) is 0 Å². The van der Waals surface area contributed by atoms with Crippen molar-refractivity contribution in [1.29, 1.82) is 0 Å². The summed E-state index contributed by atoms with van der Waals surface area (Å²) in [6, 6.07) is 17.2. The molecule has 0 aromatic heterocycles. The van der Waals surface area contributed by atoms with Crippen molar-refractivity contribution in [3.05, 3.63) is 70.3 Å². The molecule has 0 spiro atoms. The number of hydrogen-bond donors (Lipinski definition) is 1. The number of non-ortho nitro benzene ring substituents is 1. The number of benzene rings is 2. The molecule has 0 radical (unpaired) electrons. The zero-order valence-electron chi connectivity index (χ0n) is 11.0. The normalized spacial score (nSPS) is 15.6. The first-order valence-electron chi connectivity index (χ1n) is 6.80. The molecule has 3 rings (SSSR count). The number of nitrogens with zero attached hydrogens (tertiary/aromatic N) is 1. The molecule has 1 N–H and O–H groups in total. The summed E-state index contributed by atoms with van der Waals surface area (Å²) in [6.45, 7) is 0. The number of nitro benzene ring substituents is 1. The Kier molecular flexibility index (Phi) is 3.37. The average Bonchev–Trinajstić information content (AvgIpc) is 3.30. The molecule has 4 heteroatoms. The fourth-order valence-corrected chi connectivity index (χ4v) is 2.45. The van der Waals surface area contributed by atoms with E-state index in [4.69, 9.17) is 0 Å². The lowest BCUT2D eigenvalue weighted by Gasteiger charge is -2.20. The van der Waals surface area contributed by atoms with Gasteiger partial charge in [0.2, 0.25) is 0 Å². The monoisotopic (exact) mass is 268 g/mol. The molecular weight excluding hydrogens is 252 g/mol. The highest BCUT2D eigenvalue weighted by atomic mass is 16.6. The summed E-state index contributed by atoms with van der Waals surface area (Å²) < 4.78 is 0. The number of anilines is 1. The van der Waals surface area contributed by atoms with Crippen LogP contribution in [0.25, 0.3) is 0 Å². The van der Waals surface area contributed by atoms with Crippen LogP contribution in [-0.2, 0) is 0 Å². The van der Waals surface area contributed by atoms with E-state index in [1.54, 1.807) is 12.1 Å². The summed E-state index contributed by atoms with van der Waals surface area (Å²) in [5, 5.41) is 14.3. The van der Waals surface area contributed by atoms with Gasteiger partial charge in [-0.25, -0.2) is 0 Å². The molecule has 1 atom stereocenters. The maximum absolute atomic E-state index is 10.8. The summed E-state index contributed by atoms with van der Waals surface area (Å²) in [7, 11) is 0. The van der Waals surface area contributed by atoms with Crippen molar-refractivity contribution in [2.24, 2.45) is 5.92 Å². The standard InChI is InChI=1S/C16H16N2O2/c19-18(20)15-8-4-7-14(11-15)17-16(13-9-10-13)12-5-2-1-3-6-12/h1-8,11,13,16-17H,9-10H2.